The maximum atomic E-state index is 6.36. The van der Waals surface area contributed by atoms with Crippen molar-refractivity contribution >= 4 is 46.3 Å². The SMILES string of the molecule is COc1ccc(C(=Nc2c(Cl)cncc2Cl)NCc2ccccc2Cl)cc1OC1CCCC1. The molecule has 172 valence electrons. The third kappa shape index (κ3) is 5.91. The molecule has 4 rings (SSSR count). The highest BCUT2D eigenvalue weighted by atomic mass is 35.5. The van der Waals surface area contributed by atoms with Crippen LogP contribution in [0, 0.1) is 0 Å². The summed E-state index contributed by atoms with van der Waals surface area (Å²) < 4.78 is 11.8. The van der Waals surface area contributed by atoms with E-state index in [4.69, 9.17) is 49.3 Å². The minimum atomic E-state index is 0.190. The molecule has 33 heavy (non-hydrogen) atoms. The van der Waals surface area contributed by atoms with Gasteiger partial charge < -0.3 is 14.8 Å². The second-order valence-electron chi connectivity index (χ2n) is 7.75. The third-order valence-electron chi connectivity index (χ3n) is 5.49. The van der Waals surface area contributed by atoms with Crippen LogP contribution in [0.1, 0.15) is 36.8 Å². The van der Waals surface area contributed by atoms with E-state index in [2.05, 4.69) is 10.3 Å². The van der Waals surface area contributed by atoms with Crippen molar-refractivity contribution in [2.24, 2.45) is 4.99 Å². The molecule has 1 aromatic heterocycles. The zero-order valence-electron chi connectivity index (χ0n) is 18.2. The van der Waals surface area contributed by atoms with Crippen LogP contribution < -0.4 is 14.8 Å². The molecule has 0 radical (unpaired) electrons. The van der Waals surface area contributed by atoms with Crippen LogP contribution in [-0.4, -0.2) is 24.0 Å². The van der Waals surface area contributed by atoms with Crippen molar-refractivity contribution in [3.05, 3.63) is 81.1 Å². The first-order valence-corrected chi connectivity index (χ1v) is 11.9. The Morgan fingerprint density at radius 1 is 1.00 bits per heavy atom. The van der Waals surface area contributed by atoms with E-state index in [0.29, 0.717) is 44.6 Å². The maximum absolute atomic E-state index is 6.36. The molecule has 3 aromatic rings. The molecule has 1 heterocycles. The summed E-state index contributed by atoms with van der Waals surface area (Å²) in [4.78, 5) is 8.78. The van der Waals surface area contributed by atoms with Crippen molar-refractivity contribution in [1.82, 2.24) is 10.3 Å². The Hall–Kier alpha value is -2.47. The van der Waals surface area contributed by atoms with Gasteiger partial charge in [0.15, 0.2) is 11.5 Å². The van der Waals surface area contributed by atoms with Gasteiger partial charge in [0.25, 0.3) is 0 Å². The number of halogens is 3. The van der Waals surface area contributed by atoms with E-state index in [9.17, 15) is 0 Å². The van der Waals surface area contributed by atoms with Gasteiger partial charge in [-0.2, -0.15) is 0 Å². The quantitative estimate of drug-likeness (QED) is 0.272. The van der Waals surface area contributed by atoms with Crippen molar-refractivity contribution in [2.45, 2.75) is 38.3 Å². The number of amidine groups is 1. The predicted octanol–water partition coefficient (Wildman–Crippen LogP) is 7.24. The summed E-state index contributed by atoms with van der Waals surface area (Å²) in [6.07, 6.45) is 7.66. The smallest absolute Gasteiger partial charge is 0.162 e. The van der Waals surface area contributed by atoms with E-state index in [1.807, 2.05) is 42.5 Å². The molecular formula is C25H24Cl3N3O2. The van der Waals surface area contributed by atoms with Gasteiger partial charge >= 0.3 is 0 Å². The van der Waals surface area contributed by atoms with Crippen LogP contribution in [0.4, 0.5) is 5.69 Å². The summed E-state index contributed by atoms with van der Waals surface area (Å²) >= 11 is 19.1. The van der Waals surface area contributed by atoms with Gasteiger partial charge in [-0.3, -0.25) is 4.98 Å². The Morgan fingerprint density at radius 2 is 1.73 bits per heavy atom. The molecular weight excluding hydrogens is 481 g/mol. The van der Waals surface area contributed by atoms with Gasteiger partial charge in [0.2, 0.25) is 0 Å². The van der Waals surface area contributed by atoms with Crippen LogP contribution in [0.2, 0.25) is 15.1 Å². The zero-order valence-corrected chi connectivity index (χ0v) is 20.4. The van der Waals surface area contributed by atoms with E-state index in [-0.39, 0.29) is 6.10 Å². The highest BCUT2D eigenvalue weighted by molar-refractivity contribution is 6.38. The fraction of sp³-hybridized carbons (Fsp3) is 0.280. The molecule has 0 spiro atoms. The Bertz CT molecular complexity index is 1130. The number of aliphatic imine (C=N–C) groups is 1. The van der Waals surface area contributed by atoms with Crippen molar-refractivity contribution in [3.63, 3.8) is 0 Å². The largest absolute Gasteiger partial charge is 0.493 e. The summed E-state index contributed by atoms with van der Waals surface area (Å²) in [6, 6.07) is 13.4. The highest BCUT2D eigenvalue weighted by Gasteiger charge is 2.20. The van der Waals surface area contributed by atoms with Crippen LogP contribution in [0.5, 0.6) is 11.5 Å². The fourth-order valence-electron chi connectivity index (χ4n) is 3.75. The standard InChI is InChI=1S/C25H24Cl3N3O2/c1-32-22-11-10-16(12-23(22)33-18-7-3-4-8-18)25(30-13-17-6-2-5-9-19(17)26)31-24-20(27)14-29-15-21(24)28/h2,5-6,9-12,14-15,18H,3-4,7-8,13H2,1H3,(H,29,30,31). The van der Waals surface area contributed by atoms with E-state index in [1.165, 1.54) is 25.2 Å². The first kappa shape index (κ1) is 23.7. The fourth-order valence-corrected chi connectivity index (χ4v) is 4.40. The second-order valence-corrected chi connectivity index (χ2v) is 8.97. The normalized spacial score (nSPS) is 14.4. The molecule has 8 heteroatoms. The second kappa shape index (κ2) is 11.1. The van der Waals surface area contributed by atoms with Crippen LogP contribution in [0.25, 0.3) is 0 Å². The lowest BCUT2D eigenvalue weighted by atomic mass is 10.1. The van der Waals surface area contributed by atoms with Crippen LogP contribution in [-0.2, 0) is 6.54 Å². The molecule has 0 atom stereocenters. The number of ether oxygens (including phenoxy) is 2. The molecule has 0 bridgehead atoms. The summed E-state index contributed by atoms with van der Waals surface area (Å²) in [6.45, 7) is 0.462. The van der Waals surface area contributed by atoms with E-state index < -0.39 is 0 Å². The highest BCUT2D eigenvalue weighted by Crippen LogP contribution is 2.35. The van der Waals surface area contributed by atoms with Crippen LogP contribution >= 0.6 is 34.8 Å². The zero-order chi connectivity index (χ0) is 23.2. The molecule has 1 aliphatic rings. The minimum Gasteiger partial charge on any atom is -0.493 e. The van der Waals surface area contributed by atoms with Gasteiger partial charge in [0.1, 0.15) is 11.5 Å². The number of hydrogen-bond acceptors (Lipinski definition) is 4. The molecule has 5 nitrogen and oxygen atoms in total. The van der Waals surface area contributed by atoms with Gasteiger partial charge in [-0.25, -0.2) is 4.99 Å². The molecule has 0 aliphatic heterocycles. The Labute approximate surface area is 208 Å². The Kier molecular flexibility index (Phi) is 7.97. The number of rotatable bonds is 7. The number of pyridine rings is 1. The predicted molar refractivity (Wildman–Crippen MR) is 135 cm³/mol. The van der Waals surface area contributed by atoms with Crippen molar-refractivity contribution in [2.75, 3.05) is 7.11 Å². The van der Waals surface area contributed by atoms with Crippen LogP contribution in [0.3, 0.4) is 0 Å². The number of nitrogens with one attached hydrogen (secondary N) is 1. The molecule has 2 aromatic carbocycles. The molecule has 0 amide bonds. The summed E-state index contributed by atoms with van der Waals surface area (Å²) in [5.74, 6) is 1.93. The number of hydrogen-bond donors (Lipinski definition) is 1. The Balaban J connectivity index is 1.72. The maximum Gasteiger partial charge on any atom is 0.162 e. The molecule has 0 unspecified atom stereocenters. The molecule has 1 aliphatic carbocycles. The number of nitrogens with zero attached hydrogens (tertiary/aromatic N) is 2. The molecule has 1 N–H and O–H groups in total. The van der Waals surface area contributed by atoms with Crippen LogP contribution in [0.15, 0.2) is 59.9 Å². The minimum absolute atomic E-state index is 0.190. The first-order valence-electron chi connectivity index (χ1n) is 10.7. The number of methoxy groups -OCH3 is 1. The van der Waals surface area contributed by atoms with Gasteiger partial charge in [0, 0.05) is 29.5 Å². The topological polar surface area (TPSA) is 55.7 Å². The van der Waals surface area contributed by atoms with Gasteiger partial charge in [0.05, 0.1) is 23.3 Å². The summed E-state index contributed by atoms with van der Waals surface area (Å²) in [5.41, 5.74) is 2.18. The van der Waals surface area contributed by atoms with E-state index in [0.717, 1.165) is 24.0 Å². The lowest BCUT2D eigenvalue weighted by Crippen LogP contribution is -2.24. The average molecular weight is 505 g/mol. The monoisotopic (exact) mass is 503 g/mol. The van der Waals surface area contributed by atoms with Gasteiger partial charge in [-0.05, 0) is 55.5 Å². The molecule has 1 fully saturated rings. The number of aromatic nitrogens is 1. The Morgan fingerprint density at radius 3 is 2.42 bits per heavy atom. The summed E-state index contributed by atoms with van der Waals surface area (Å²) in [5, 5.41) is 4.77. The van der Waals surface area contributed by atoms with Crippen molar-refractivity contribution in [3.8, 4) is 11.5 Å². The molecule has 0 saturated heterocycles. The molecule has 1 saturated carbocycles. The summed E-state index contributed by atoms with van der Waals surface area (Å²) in [7, 11) is 1.64. The average Bonchev–Trinajstić information content (AvgIpc) is 3.32. The van der Waals surface area contributed by atoms with Gasteiger partial charge in [-0.1, -0.05) is 53.0 Å². The number of benzene rings is 2. The lowest BCUT2D eigenvalue weighted by molar-refractivity contribution is 0.201. The lowest BCUT2D eigenvalue weighted by Gasteiger charge is -2.18. The van der Waals surface area contributed by atoms with E-state index >= 15 is 0 Å². The van der Waals surface area contributed by atoms with Crippen molar-refractivity contribution < 1.29 is 9.47 Å². The van der Waals surface area contributed by atoms with E-state index in [1.54, 1.807) is 7.11 Å². The van der Waals surface area contributed by atoms with Gasteiger partial charge in [-0.15, -0.1) is 0 Å². The third-order valence-corrected chi connectivity index (χ3v) is 6.41. The first-order chi connectivity index (χ1) is 16.0. The van der Waals surface area contributed by atoms with Crippen molar-refractivity contribution in [1.29, 1.82) is 0 Å².